The molecule has 22 heavy (non-hydrogen) atoms. The molecule has 112 valence electrons. The van der Waals surface area contributed by atoms with Gasteiger partial charge in [-0.25, -0.2) is 4.98 Å². The van der Waals surface area contributed by atoms with Crippen molar-refractivity contribution in [3.63, 3.8) is 0 Å². The van der Waals surface area contributed by atoms with Crippen LogP contribution in [0.25, 0.3) is 11.3 Å². The molecule has 3 rings (SSSR count). The van der Waals surface area contributed by atoms with E-state index in [1.807, 2.05) is 19.2 Å². The van der Waals surface area contributed by atoms with Crippen molar-refractivity contribution < 1.29 is 0 Å². The molecule has 0 N–H and O–H groups in total. The quantitative estimate of drug-likeness (QED) is 0.734. The van der Waals surface area contributed by atoms with E-state index in [1.54, 1.807) is 22.0 Å². The molecule has 3 aromatic rings. The monoisotopic (exact) mass is 310 g/mol. The Morgan fingerprint density at radius 1 is 1.09 bits per heavy atom. The average molecular weight is 310 g/mol. The summed E-state index contributed by atoms with van der Waals surface area (Å²) in [6.07, 6.45) is 1.83. The summed E-state index contributed by atoms with van der Waals surface area (Å²) in [5.41, 5.74) is 5.62. The number of hydrogen-bond donors (Lipinski definition) is 0. The molecule has 0 aliphatic rings. The predicted molar refractivity (Wildman–Crippen MR) is 91.6 cm³/mol. The SMILES string of the molecule is Cc1ccc(-c2csc(Cn3ccc(C)cc3=O)n2)c(C)c1. The van der Waals surface area contributed by atoms with Crippen molar-refractivity contribution in [2.24, 2.45) is 0 Å². The van der Waals surface area contributed by atoms with Crippen molar-refractivity contribution in [3.8, 4) is 11.3 Å². The molecule has 1 aromatic carbocycles. The number of thiazole rings is 1. The molecule has 0 saturated heterocycles. The molecular weight excluding hydrogens is 292 g/mol. The maximum absolute atomic E-state index is 12.0. The highest BCUT2D eigenvalue weighted by Crippen LogP contribution is 2.26. The van der Waals surface area contributed by atoms with Gasteiger partial charge in [-0.15, -0.1) is 11.3 Å². The minimum atomic E-state index is 0.0169. The van der Waals surface area contributed by atoms with E-state index in [2.05, 4.69) is 42.4 Å². The van der Waals surface area contributed by atoms with Crippen LogP contribution in [0, 0.1) is 20.8 Å². The number of aromatic nitrogens is 2. The van der Waals surface area contributed by atoms with Gasteiger partial charge < -0.3 is 4.57 Å². The van der Waals surface area contributed by atoms with Gasteiger partial charge in [-0.3, -0.25) is 4.79 Å². The zero-order valence-electron chi connectivity index (χ0n) is 13.0. The van der Waals surface area contributed by atoms with Gasteiger partial charge in [0.25, 0.3) is 5.56 Å². The van der Waals surface area contributed by atoms with Gasteiger partial charge in [0.1, 0.15) is 5.01 Å². The highest BCUT2D eigenvalue weighted by Gasteiger charge is 2.08. The minimum absolute atomic E-state index is 0.0169. The van der Waals surface area contributed by atoms with Crippen molar-refractivity contribution in [2.75, 3.05) is 0 Å². The first-order valence-corrected chi connectivity index (χ1v) is 8.10. The Morgan fingerprint density at radius 2 is 1.86 bits per heavy atom. The highest BCUT2D eigenvalue weighted by atomic mass is 32.1. The molecule has 0 spiro atoms. The van der Waals surface area contributed by atoms with Crippen LogP contribution in [0.3, 0.4) is 0 Å². The third-order valence-electron chi connectivity index (χ3n) is 3.67. The topological polar surface area (TPSA) is 34.9 Å². The van der Waals surface area contributed by atoms with Crippen LogP contribution in [0.1, 0.15) is 21.7 Å². The lowest BCUT2D eigenvalue weighted by Gasteiger charge is -2.04. The fourth-order valence-electron chi connectivity index (χ4n) is 2.49. The summed E-state index contributed by atoms with van der Waals surface area (Å²) in [4.78, 5) is 16.6. The second-order valence-electron chi connectivity index (χ2n) is 5.62. The smallest absolute Gasteiger partial charge is 0.251 e. The van der Waals surface area contributed by atoms with Crippen LogP contribution in [0.5, 0.6) is 0 Å². The Kier molecular flexibility index (Phi) is 3.94. The van der Waals surface area contributed by atoms with Crippen molar-refractivity contribution in [1.29, 1.82) is 0 Å². The summed E-state index contributed by atoms with van der Waals surface area (Å²) in [6.45, 7) is 6.64. The molecule has 0 aliphatic heterocycles. The minimum Gasteiger partial charge on any atom is -0.309 e. The van der Waals surface area contributed by atoms with Crippen molar-refractivity contribution in [3.05, 3.63) is 74.0 Å². The van der Waals surface area contributed by atoms with Crippen molar-refractivity contribution >= 4 is 11.3 Å². The maximum atomic E-state index is 12.0. The van der Waals surface area contributed by atoms with Gasteiger partial charge in [-0.05, 0) is 38.0 Å². The fraction of sp³-hybridized carbons (Fsp3) is 0.222. The van der Waals surface area contributed by atoms with Gasteiger partial charge in [-0.1, -0.05) is 23.8 Å². The maximum Gasteiger partial charge on any atom is 0.251 e. The second-order valence-corrected chi connectivity index (χ2v) is 6.56. The molecule has 0 fully saturated rings. The molecular formula is C18H18N2OS. The molecule has 0 saturated carbocycles. The summed E-state index contributed by atoms with van der Waals surface area (Å²) in [7, 11) is 0. The molecule has 0 aliphatic carbocycles. The van der Waals surface area contributed by atoms with E-state index in [-0.39, 0.29) is 5.56 Å². The summed E-state index contributed by atoms with van der Waals surface area (Å²) >= 11 is 1.59. The van der Waals surface area contributed by atoms with Gasteiger partial charge in [-0.2, -0.15) is 0 Å². The third kappa shape index (κ3) is 3.02. The third-order valence-corrected chi connectivity index (χ3v) is 4.50. The molecule has 0 amide bonds. The van der Waals surface area contributed by atoms with Crippen LogP contribution in [0.15, 0.2) is 46.7 Å². The zero-order chi connectivity index (χ0) is 15.7. The molecule has 0 atom stereocenters. The van der Waals surface area contributed by atoms with Gasteiger partial charge in [0.15, 0.2) is 0 Å². The summed E-state index contributed by atoms with van der Waals surface area (Å²) in [5, 5.41) is 3.01. The van der Waals surface area contributed by atoms with E-state index in [0.717, 1.165) is 21.8 Å². The number of rotatable bonds is 3. The Labute approximate surface area is 133 Å². The van der Waals surface area contributed by atoms with Crippen molar-refractivity contribution in [2.45, 2.75) is 27.3 Å². The van der Waals surface area contributed by atoms with Crippen LogP contribution >= 0.6 is 11.3 Å². The molecule has 0 radical (unpaired) electrons. The van der Waals surface area contributed by atoms with E-state index in [4.69, 9.17) is 0 Å². The highest BCUT2D eigenvalue weighted by molar-refractivity contribution is 7.09. The first-order chi connectivity index (χ1) is 10.5. The zero-order valence-corrected chi connectivity index (χ0v) is 13.8. The number of pyridine rings is 1. The van der Waals surface area contributed by atoms with Gasteiger partial charge >= 0.3 is 0 Å². The largest absolute Gasteiger partial charge is 0.309 e. The van der Waals surface area contributed by atoms with Crippen LogP contribution in [-0.2, 0) is 6.54 Å². The summed E-state index contributed by atoms with van der Waals surface area (Å²) < 4.78 is 1.69. The summed E-state index contributed by atoms with van der Waals surface area (Å²) in [6, 6.07) is 9.98. The fourth-order valence-corrected chi connectivity index (χ4v) is 3.28. The lowest BCUT2D eigenvalue weighted by Crippen LogP contribution is -2.19. The summed E-state index contributed by atoms with van der Waals surface area (Å²) in [5.74, 6) is 0. The standard InChI is InChI=1S/C18H18N2OS/c1-12-4-5-15(14(3)8-12)16-11-22-17(19-16)10-20-7-6-13(2)9-18(20)21/h4-9,11H,10H2,1-3H3. The number of nitrogens with zero attached hydrogens (tertiary/aromatic N) is 2. The molecule has 4 heteroatoms. The molecule has 3 nitrogen and oxygen atoms in total. The molecule has 0 bridgehead atoms. The Bertz CT molecular complexity index is 877. The van der Waals surface area contributed by atoms with E-state index in [0.29, 0.717) is 6.54 Å². The number of hydrogen-bond acceptors (Lipinski definition) is 3. The Hall–Kier alpha value is -2.20. The Morgan fingerprint density at radius 3 is 2.59 bits per heavy atom. The molecule has 0 unspecified atom stereocenters. The van der Waals surface area contributed by atoms with Gasteiger partial charge in [0.2, 0.25) is 0 Å². The van der Waals surface area contributed by atoms with Gasteiger partial charge in [0, 0.05) is 23.2 Å². The normalized spacial score (nSPS) is 10.9. The van der Waals surface area contributed by atoms with Crippen LogP contribution < -0.4 is 5.56 Å². The van der Waals surface area contributed by atoms with Crippen LogP contribution in [0.2, 0.25) is 0 Å². The van der Waals surface area contributed by atoms with Crippen LogP contribution in [0.4, 0.5) is 0 Å². The number of aryl methyl sites for hydroxylation is 3. The first kappa shape index (κ1) is 14.7. The number of benzene rings is 1. The predicted octanol–water partition coefficient (Wildman–Crippen LogP) is 3.95. The van der Waals surface area contributed by atoms with E-state index >= 15 is 0 Å². The molecule has 2 heterocycles. The van der Waals surface area contributed by atoms with Gasteiger partial charge in [0.05, 0.1) is 12.2 Å². The molecule has 2 aromatic heterocycles. The second kappa shape index (κ2) is 5.89. The average Bonchev–Trinajstić information content (AvgIpc) is 2.90. The van der Waals surface area contributed by atoms with Crippen molar-refractivity contribution in [1.82, 2.24) is 9.55 Å². The van der Waals surface area contributed by atoms with E-state index in [9.17, 15) is 4.79 Å². The van der Waals surface area contributed by atoms with Crippen LogP contribution in [-0.4, -0.2) is 9.55 Å². The lowest BCUT2D eigenvalue weighted by molar-refractivity contribution is 0.752. The lowest BCUT2D eigenvalue weighted by atomic mass is 10.0. The first-order valence-electron chi connectivity index (χ1n) is 7.22. The Balaban J connectivity index is 1.89. The van der Waals surface area contributed by atoms with E-state index < -0.39 is 0 Å². The van der Waals surface area contributed by atoms with E-state index in [1.165, 1.54) is 11.1 Å².